The second-order valence-corrected chi connectivity index (χ2v) is 3.71. The Morgan fingerprint density at radius 3 is 2.46 bits per heavy atom. The van der Waals surface area contributed by atoms with Crippen LogP contribution in [0.4, 0.5) is 0 Å². The quantitative estimate of drug-likeness (QED) is 0.570. The summed E-state index contributed by atoms with van der Waals surface area (Å²) >= 11 is 0. The van der Waals surface area contributed by atoms with E-state index in [0.717, 1.165) is 19.3 Å². The molecule has 13 heavy (non-hydrogen) atoms. The van der Waals surface area contributed by atoms with Crippen LogP contribution in [0.2, 0.25) is 0 Å². The molecule has 0 aromatic carbocycles. The molecule has 1 aliphatic carbocycles. The van der Waals surface area contributed by atoms with Crippen LogP contribution < -0.4 is 11.1 Å². The second kappa shape index (κ2) is 4.25. The van der Waals surface area contributed by atoms with E-state index < -0.39 is 11.8 Å². The van der Waals surface area contributed by atoms with Crippen LogP contribution in [0.5, 0.6) is 0 Å². The average Bonchev–Trinajstić information content (AvgIpc) is 2.08. The lowest BCUT2D eigenvalue weighted by Gasteiger charge is -2.28. The first-order valence-electron chi connectivity index (χ1n) is 4.71. The molecule has 1 saturated carbocycles. The van der Waals surface area contributed by atoms with E-state index in [9.17, 15) is 9.59 Å². The summed E-state index contributed by atoms with van der Waals surface area (Å²) in [5, 5.41) is 2.65. The maximum absolute atomic E-state index is 11.0. The Labute approximate surface area is 77.9 Å². The van der Waals surface area contributed by atoms with Crippen molar-refractivity contribution in [3.05, 3.63) is 0 Å². The van der Waals surface area contributed by atoms with E-state index >= 15 is 0 Å². The van der Waals surface area contributed by atoms with Crippen LogP contribution in [-0.2, 0) is 9.59 Å². The van der Waals surface area contributed by atoms with Crippen molar-refractivity contribution < 1.29 is 9.59 Å². The third-order valence-electron chi connectivity index (χ3n) is 2.65. The summed E-state index contributed by atoms with van der Waals surface area (Å²) in [4.78, 5) is 21.5. The first-order valence-corrected chi connectivity index (χ1v) is 4.71. The van der Waals surface area contributed by atoms with Crippen LogP contribution in [0, 0.1) is 5.92 Å². The van der Waals surface area contributed by atoms with Gasteiger partial charge in [-0.05, 0) is 18.8 Å². The highest BCUT2D eigenvalue weighted by molar-refractivity contribution is 6.34. The van der Waals surface area contributed by atoms with Crippen LogP contribution in [0.25, 0.3) is 0 Å². The molecule has 0 bridgehead atoms. The fourth-order valence-electron chi connectivity index (χ4n) is 1.77. The Morgan fingerprint density at radius 1 is 1.31 bits per heavy atom. The summed E-state index contributed by atoms with van der Waals surface area (Å²) in [6.45, 7) is 2.09. The Hall–Kier alpha value is -1.06. The fraction of sp³-hybridized carbons (Fsp3) is 0.778. The largest absolute Gasteiger partial charge is 0.361 e. The molecule has 4 heteroatoms. The van der Waals surface area contributed by atoms with Gasteiger partial charge in [-0.15, -0.1) is 0 Å². The zero-order valence-electron chi connectivity index (χ0n) is 7.88. The molecule has 2 amide bonds. The molecule has 0 unspecified atom stereocenters. The Balaban J connectivity index is 2.42. The van der Waals surface area contributed by atoms with Gasteiger partial charge in [0.15, 0.2) is 0 Å². The molecule has 0 radical (unpaired) electrons. The number of nitrogens with two attached hydrogens (primary N) is 1. The van der Waals surface area contributed by atoms with Crippen molar-refractivity contribution in [2.45, 2.75) is 38.6 Å². The molecule has 4 nitrogen and oxygen atoms in total. The molecule has 0 aromatic rings. The van der Waals surface area contributed by atoms with Gasteiger partial charge < -0.3 is 11.1 Å². The zero-order chi connectivity index (χ0) is 9.84. The average molecular weight is 184 g/mol. The van der Waals surface area contributed by atoms with Crippen molar-refractivity contribution in [3.8, 4) is 0 Å². The summed E-state index contributed by atoms with van der Waals surface area (Å²) in [5.41, 5.74) is 4.85. The lowest BCUT2D eigenvalue weighted by atomic mass is 9.86. The molecule has 74 valence electrons. The van der Waals surface area contributed by atoms with Gasteiger partial charge >= 0.3 is 11.8 Å². The second-order valence-electron chi connectivity index (χ2n) is 3.71. The van der Waals surface area contributed by atoms with Crippen molar-refractivity contribution >= 4 is 11.8 Å². The van der Waals surface area contributed by atoms with Gasteiger partial charge in [-0.25, -0.2) is 0 Å². The molecule has 0 aromatic heterocycles. The number of carbonyl (C=O) groups excluding carboxylic acids is 2. The normalized spacial score (nSPS) is 28.1. The minimum atomic E-state index is -0.891. The van der Waals surface area contributed by atoms with Gasteiger partial charge in [-0.1, -0.05) is 19.8 Å². The smallest absolute Gasteiger partial charge is 0.309 e. The van der Waals surface area contributed by atoms with Crippen molar-refractivity contribution in [1.82, 2.24) is 5.32 Å². The van der Waals surface area contributed by atoms with Crippen LogP contribution in [-0.4, -0.2) is 17.9 Å². The van der Waals surface area contributed by atoms with E-state index in [-0.39, 0.29) is 6.04 Å². The van der Waals surface area contributed by atoms with Crippen LogP contribution in [0.1, 0.15) is 32.6 Å². The SMILES string of the molecule is C[C@@H]1CCCC[C@@H]1NC(=O)C(N)=O. The number of amides is 2. The van der Waals surface area contributed by atoms with E-state index in [4.69, 9.17) is 5.73 Å². The van der Waals surface area contributed by atoms with Gasteiger partial charge in [-0.2, -0.15) is 0 Å². The third kappa shape index (κ3) is 2.72. The maximum atomic E-state index is 11.0. The fourth-order valence-corrected chi connectivity index (χ4v) is 1.77. The number of nitrogens with one attached hydrogen (secondary N) is 1. The topological polar surface area (TPSA) is 72.2 Å². The summed E-state index contributed by atoms with van der Waals surface area (Å²) < 4.78 is 0. The monoisotopic (exact) mass is 184 g/mol. The van der Waals surface area contributed by atoms with Gasteiger partial charge in [0.05, 0.1) is 0 Å². The molecule has 3 N–H and O–H groups in total. The highest BCUT2D eigenvalue weighted by Crippen LogP contribution is 2.23. The Kier molecular flexibility index (Phi) is 3.28. The number of primary amides is 1. The molecule has 1 rings (SSSR count). The summed E-state index contributed by atoms with van der Waals surface area (Å²) in [5.74, 6) is -1.09. The standard InChI is InChI=1S/C9H16N2O2/c1-6-4-2-3-5-7(6)11-9(13)8(10)12/h6-7H,2-5H2,1H3,(H2,10,12)(H,11,13)/t6-,7+/m1/s1. The molecule has 2 atom stereocenters. The minimum absolute atomic E-state index is 0.133. The van der Waals surface area contributed by atoms with Gasteiger partial charge in [0, 0.05) is 6.04 Å². The predicted octanol–water partition coefficient (Wildman–Crippen LogP) is 0.167. The van der Waals surface area contributed by atoms with Crippen molar-refractivity contribution in [1.29, 1.82) is 0 Å². The van der Waals surface area contributed by atoms with Crippen molar-refractivity contribution in [2.75, 3.05) is 0 Å². The molecular weight excluding hydrogens is 168 g/mol. The summed E-state index contributed by atoms with van der Waals surface area (Å²) in [6, 6.07) is 0.133. The molecule has 0 spiro atoms. The van der Waals surface area contributed by atoms with Gasteiger partial charge in [0.1, 0.15) is 0 Å². The molecular formula is C9H16N2O2. The maximum Gasteiger partial charge on any atom is 0.309 e. The first-order chi connectivity index (χ1) is 6.11. The van der Waals surface area contributed by atoms with Crippen molar-refractivity contribution in [3.63, 3.8) is 0 Å². The zero-order valence-corrected chi connectivity index (χ0v) is 7.88. The van der Waals surface area contributed by atoms with Gasteiger partial charge in [-0.3, -0.25) is 9.59 Å². The van der Waals surface area contributed by atoms with Gasteiger partial charge in [0.25, 0.3) is 0 Å². The molecule has 0 aliphatic heterocycles. The first kappa shape index (κ1) is 10.0. The van der Waals surface area contributed by atoms with Crippen LogP contribution in [0.3, 0.4) is 0 Å². The highest BCUT2D eigenvalue weighted by Gasteiger charge is 2.24. The number of rotatable bonds is 1. The lowest BCUT2D eigenvalue weighted by Crippen LogP contribution is -2.46. The van der Waals surface area contributed by atoms with Crippen LogP contribution >= 0.6 is 0 Å². The van der Waals surface area contributed by atoms with Gasteiger partial charge in [0.2, 0.25) is 0 Å². The molecule has 1 fully saturated rings. The summed E-state index contributed by atoms with van der Waals surface area (Å²) in [6.07, 6.45) is 4.40. The number of hydrogen-bond acceptors (Lipinski definition) is 2. The number of hydrogen-bond donors (Lipinski definition) is 2. The minimum Gasteiger partial charge on any atom is -0.361 e. The third-order valence-corrected chi connectivity index (χ3v) is 2.65. The van der Waals surface area contributed by atoms with E-state index in [0.29, 0.717) is 5.92 Å². The predicted molar refractivity (Wildman–Crippen MR) is 48.8 cm³/mol. The molecule has 0 heterocycles. The van der Waals surface area contributed by atoms with E-state index in [1.165, 1.54) is 6.42 Å². The molecule has 0 saturated heterocycles. The van der Waals surface area contributed by atoms with E-state index in [2.05, 4.69) is 12.2 Å². The molecule has 1 aliphatic rings. The number of carbonyl (C=O) groups is 2. The van der Waals surface area contributed by atoms with E-state index in [1.807, 2.05) is 0 Å². The Morgan fingerprint density at radius 2 is 1.92 bits per heavy atom. The van der Waals surface area contributed by atoms with Crippen LogP contribution in [0.15, 0.2) is 0 Å². The lowest BCUT2D eigenvalue weighted by molar-refractivity contribution is -0.138. The highest BCUT2D eigenvalue weighted by atomic mass is 16.2. The summed E-state index contributed by atoms with van der Waals surface area (Å²) in [7, 11) is 0. The van der Waals surface area contributed by atoms with E-state index in [1.54, 1.807) is 0 Å². The van der Waals surface area contributed by atoms with Crippen molar-refractivity contribution in [2.24, 2.45) is 11.7 Å². The Bertz CT molecular complexity index is 216.